The van der Waals surface area contributed by atoms with Crippen molar-refractivity contribution in [1.29, 1.82) is 0 Å². The van der Waals surface area contributed by atoms with Gasteiger partial charge in [-0.2, -0.15) is 5.10 Å². The third-order valence-electron chi connectivity index (χ3n) is 3.11. The molecule has 3 nitrogen and oxygen atoms in total. The van der Waals surface area contributed by atoms with Crippen molar-refractivity contribution in [3.05, 3.63) is 70.5 Å². The van der Waals surface area contributed by atoms with Gasteiger partial charge in [-0.05, 0) is 35.4 Å². The Labute approximate surface area is 131 Å². The van der Waals surface area contributed by atoms with Gasteiger partial charge in [0.25, 0.3) is 0 Å². The number of nitrogens with zero attached hydrogens (tertiary/aromatic N) is 2. The fourth-order valence-corrected chi connectivity index (χ4v) is 2.52. The molecule has 0 saturated heterocycles. The van der Waals surface area contributed by atoms with Crippen LogP contribution in [0.1, 0.15) is 10.4 Å². The van der Waals surface area contributed by atoms with E-state index >= 15 is 0 Å². The molecule has 1 aromatic heterocycles. The Morgan fingerprint density at radius 3 is 2.38 bits per heavy atom. The van der Waals surface area contributed by atoms with Crippen LogP contribution in [0.15, 0.2) is 54.7 Å². The molecule has 2 aromatic carbocycles. The molecule has 0 saturated carbocycles. The molecule has 0 aliphatic carbocycles. The fourth-order valence-electron chi connectivity index (χ4n) is 2.09. The number of hydrogen-bond donors (Lipinski definition) is 0. The van der Waals surface area contributed by atoms with Crippen LogP contribution >= 0.6 is 23.2 Å². The smallest absolute Gasteiger partial charge is 0.154 e. The molecular weight excluding hydrogens is 307 g/mol. The summed E-state index contributed by atoms with van der Waals surface area (Å²) >= 11 is 12.2. The first-order valence-corrected chi connectivity index (χ1v) is 7.00. The highest BCUT2D eigenvalue weighted by Gasteiger charge is 2.10. The van der Waals surface area contributed by atoms with Gasteiger partial charge in [0.2, 0.25) is 0 Å². The Morgan fingerprint density at radius 2 is 1.71 bits per heavy atom. The van der Waals surface area contributed by atoms with Crippen molar-refractivity contribution < 1.29 is 4.79 Å². The van der Waals surface area contributed by atoms with Crippen LogP contribution in [0.3, 0.4) is 0 Å². The lowest BCUT2D eigenvalue weighted by Gasteiger charge is -2.07. The molecule has 0 amide bonds. The molecule has 0 N–H and O–H groups in total. The molecule has 0 fully saturated rings. The summed E-state index contributed by atoms with van der Waals surface area (Å²) in [7, 11) is 0. The molecule has 3 rings (SSSR count). The first kappa shape index (κ1) is 13.9. The lowest BCUT2D eigenvalue weighted by molar-refractivity contribution is 0.112. The lowest BCUT2D eigenvalue weighted by Crippen LogP contribution is -1.96. The normalized spacial score (nSPS) is 10.6. The van der Waals surface area contributed by atoms with Crippen LogP contribution in [-0.4, -0.2) is 16.1 Å². The summed E-state index contributed by atoms with van der Waals surface area (Å²) < 4.78 is 1.53. The summed E-state index contributed by atoms with van der Waals surface area (Å²) in [6.07, 6.45) is 2.13. The number of aldehydes is 1. The molecule has 0 spiro atoms. The van der Waals surface area contributed by atoms with Crippen LogP contribution in [0.25, 0.3) is 16.8 Å². The molecule has 1 heterocycles. The van der Waals surface area contributed by atoms with Gasteiger partial charge >= 0.3 is 0 Å². The predicted molar refractivity (Wildman–Crippen MR) is 84.4 cm³/mol. The maximum atomic E-state index is 10.8. The van der Waals surface area contributed by atoms with E-state index in [2.05, 4.69) is 5.10 Å². The van der Waals surface area contributed by atoms with Crippen LogP contribution in [0, 0.1) is 0 Å². The van der Waals surface area contributed by atoms with Crippen LogP contribution < -0.4 is 0 Å². The fraction of sp³-hybridized carbons (Fsp3) is 0. The Balaban J connectivity index is 2.08. The van der Waals surface area contributed by atoms with Crippen LogP contribution in [0.4, 0.5) is 0 Å². The summed E-state index contributed by atoms with van der Waals surface area (Å²) in [4.78, 5) is 10.8. The maximum absolute atomic E-state index is 10.8. The van der Waals surface area contributed by atoms with Crippen LogP contribution in [0.2, 0.25) is 10.2 Å². The SMILES string of the molecule is O=Cc1cnn(-c2cccc(-c3cccc(Cl)c3)c2)c1Cl. The molecule has 0 atom stereocenters. The molecule has 0 radical (unpaired) electrons. The van der Waals surface area contributed by atoms with E-state index in [-0.39, 0.29) is 0 Å². The minimum atomic E-state index is 0.299. The minimum Gasteiger partial charge on any atom is -0.298 e. The maximum Gasteiger partial charge on any atom is 0.154 e. The van der Waals surface area contributed by atoms with E-state index in [0.717, 1.165) is 16.8 Å². The Bertz CT molecular complexity index is 812. The average Bonchev–Trinajstić information content (AvgIpc) is 2.88. The topological polar surface area (TPSA) is 34.9 Å². The Kier molecular flexibility index (Phi) is 3.78. The van der Waals surface area contributed by atoms with Crippen molar-refractivity contribution >= 4 is 29.5 Å². The number of hydrogen-bond acceptors (Lipinski definition) is 2. The lowest BCUT2D eigenvalue weighted by atomic mass is 10.1. The van der Waals surface area contributed by atoms with E-state index in [1.807, 2.05) is 48.5 Å². The van der Waals surface area contributed by atoms with Gasteiger partial charge in [0, 0.05) is 5.02 Å². The van der Waals surface area contributed by atoms with Gasteiger partial charge in [-0.25, -0.2) is 4.68 Å². The zero-order valence-corrected chi connectivity index (χ0v) is 12.3. The third-order valence-corrected chi connectivity index (χ3v) is 3.73. The molecule has 5 heteroatoms. The first-order valence-electron chi connectivity index (χ1n) is 6.24. The first-order chi connectivity index (χ1) is 10.2. The van der Waals surface area contributed by atoms with Gasteiger partial charge in [0.15, 0.2) is 6.29 Å². The van der Waals surface area contributed by atoms with Crippen LogP contribution in [-0.2, 0) is 0 Å². The van der Waals surface area contributed by atoms with E-state index in [1.165, 1.54) is 10.9 Å². The second-order valence-corrected chi connectivity index (χ2v) is 5.28. The summed E-state index contributed by atoms with van der Waals surface area (Å²) in [6.45, 7) is 0. The van der Waals surface area contributed by atoms with Crippen LogP contribution in [0.5, 0.6) is 0 Å². The average molecular weight is 317 g/mol. The summed E-state index contributed by atoms with van der Waals surface area (Å²) in [5, 5.41) is 5.11. The molecule has 0 unspecified atom stereocenters. The van der Waals surface area contributed by atoms with Gasteiger partial charge < -0.3 is 0 Å². The van der Waals surface area contributed by atoms with Crippen molar-refractivity contribution in [2.24, 2.45) is 0 Å². The number of aromatic nitrogens is 2. The standard InChI is InChI=1S/C16H10Cl2N2O/c17-14-5-1-3-11(7-14)12-4-2-6-15(8-12)20-16(18)13(10-21)9-19-20/h1-10H. The zero-order chi connectivity index (χ0) is 14.8. The highest BCUT2D eigenvalue weighted by Crippen LogP contribution is 2.26. The van der Waals surface area contributed by atoms with E-state index in [1.54, 1.807) is 0 Å². The van der Waals surface area contributed by atoms with E-state index in [0.29, 0.717) is 22.0 Å². The van der Waals surface area contributed by atoms with E-state index < -0.39 is 0 Å². The Hall–Kier alpha value is -2.10. The molecule has 21 heavy (non-hydrogen) atoms. The quantitative estimate of drug-likeness (QED) is 0.659. The third kappa shape index (κ3) is 2.71. The van der Waals surface area contributed by atoms with Crippen molar-refractivity contribution in [2.75, 3.05) is 0 Å². The van der Waals surface area contributed by atoms with Gasteiger partial charge in [-0.1, -0.05) is 47.5 Å². The predicted octanol–water partition coefficient (Wildman–Crippen LogP) is 4.66. The number of benzene rings is 2. The van der Waals surface area contributed by atoms with Gasteiger partial charge in [0.1, 0.15) is 5.15 Å². The molecule has 104 valence electrons. The largest absolute Gasteiger partial charge is 0.298 e. The molecule has 0 aliphatic heterocycles. The van der Waals surface area contributed by atoms with Gasteiger partial charge in [0.05, 0.1) is 17.4 Å². The number of carbonyl (C=O) groups is 1. The van der Waals surface area contributed by atoms with Gasteiger partial charge in [-0.3, -0.25) is 4.79 Å². The zero-order valence-electron chi connectivity index (χ0n) is 10.8. The monoisotopic (exact) mass is 316 g/mol. The van der Waals surface area contributed by atoms with Gasteiger partial charge in [-0.15, -0.1) is 0 Å². The van der Waals surface area contributed by atoms with Crippen molar-refractivity contribution in [1.82, 2.24) is 9.78 Å². The van der Waals surface area contributed by atoms with E-state index in [9.17, 15) is 4.79 Å². The second-order valence-electron chi connectivity index (χ2n) is 4.48. The second kappa shape index (κ2) is 5.72. The molecule has 3 aromatic rings. The molecule has 0 aliphatic rings. The summed E-state index contributed by atoms with van der Waals surface area (Å²) in [6, 6.07) is 15.3. The number of rotatable bonds is 3. The van der Waals surface area contributed by atoms with Crippen molar-refractivity contribution in [3.63, 3.8) is 0 Å². The number of halogens is 2. The summed E-state index contributed by atoms with van der Waals surface area (Å²) in [5.74, 6) is 0. The molecular formula is C16H10Cl2N2O. The summed E-state index contributed by atoms with van der Waals surface area (Å²) in [5.41, 5.74) is 3.15. The Morgan fingerprint density at radius 1 is 1.00 bits per heavy atom. The highest BCUT2D eigenvalue weighted by molar-refractivity contribution is 6.32. The molecule has 0 bridgehead atoms. The van der Waals surface area contributed by atoms with Crippen molar-refractivity contribution in [2.45, 2.75) is 0 Å². The number of carbonyl (C=O) groups excluding carboxylic acids is 1. The minimum absolute atomic E-state index is 0.299. The highest BCUT2D eigenvalue weighted by atomic mass is 35.5. The van der Waals surface area contributed by atoms with E-state index in [4.69, 9.17) is 23.2 Å². The van der Waals surface area contributed by atoms with Crippen molar-refractivity contribution in [3.8, 4) is 16.8 Å².